The number of hydrogen-bond acceptors (Lipinski definition) is 3. The molecule has 1 aliphatic carbocycles. The van der Waals surface area contributed by atoms with E-state index >= 15 is 0 Å². The predicted molar refractivity (Wildman–Crippen MR) is 68.0 cm³/mol. The molecule has 19 heavy (non-hydrogen) atoms. The number of carbonyl (C=O) groups is 2. The van der Waals surface area contributed by atoms with Crippen LogP contribution in [0, 0.1) is 12.7 Å². The summed E-state index contributed by atoms with van der Waals surface area (Å²) >= 11 is 0. The lowest BCUT2D eigenvalue weighted by Gasteiger charge is -2.16. The van der Waals surface area contributed by atoms with E-state index in [1.165, 1.54) is 11.0 Å². The van der Waals surface area contributed by atoms with Gasteiger partial charge in [-0.3, -0.25) is 14.5 Å². The van der Waals surface area contributed by atoms with Crippen LogP contribution in [0.1, 0.15) is 24.8 Å². The minimum absolute atomic E-state index is 0.0976. The summed E-state index contributed by atoms with van der Waals surface area (Å²) in [6.45, 7) is 1.65. The molecule has 1 heterocycles. The topological polar surface area (TPSA) is 49.4 Å². The van der Waals surface area contributed by atoms with Crippen LogP contribution in [0.3, 0.4) is 0 Å². The quantitative estimate of drug-likeness (QED) is 0.845. The second-order valence-corrected chi connectivity index (χ2v) is 5.15. The van der Waals surface area contributed by atoms with E-state index in [1.54, 1.807) is 19.1 Å². The molecular weight excluding hydrogens is 247 g/mol. The van der Waals surface area contributed by atoms with Crippen LogP contribution in [0.5, 0.6) is 0 Å². The molecule has 2 amide bonds. The van der Waals surface area contributed by atoms with Crippen molar-refractivity contribution in [1.82, 2.24) is 4.90 Å². The summed E-state index contributed by atoms with van der Waals surface area (Å²) in [5.41, 5.74) is 1.04. The fraction of sp³-hybridized carbons (Fsp3) is 0.429. The second-order valence-electron chi connectivity index (χ2n) is 5.15. The fourth-order valence-corrected chi connectivity index (χ4v) is 2.43. The molecule has 1 N–H and O–H groups in total. The van der Waals surface area contributed by atoms with Crippen molar-refractivity contribution >= 4 is 17.5 Å². The van der Waals surface area contributed by atoms with E-state index < -0.39 is 6.04 Å². The Kier molecular flexibility index (Phi) is 2.77. The van der Waals surface area contributed by atoms with Crippen LogP contribution in [-0.4, -0.2) is 28.8 Å². The smallest absolute Gasteiger partial charge is 0.252 e. The molecule has 0 aromatic heterocycles. The minimum Gasteiger partial charge on any atom is -0.373 e. The van der Waals surface area contributed by atoms with Crippen LogP contribution in [0.15, 0.2) is 18.2 Å². The maximum Gasteiger partial charge on any atom is 0.252 e. The first-order valence-electron chi connectivity index (χ1n) is 6.45. The number of nitrogens with one attached hydrogen (secondary N) is 1. The largest absolute Gasteiger partial charge is 0.373 e. The molecule has 1 unspecified atom stereocenters. The van der Waals surface area contributed by atoms with E-state index in [0.29, 0.717) is 11.3 Å². The van der Waals surface area contributed by atoms with Gasteiger partial charge in [0.1, 0.15) is 11.9 Å². The van der Waals surface area contributed by atoms with Gasteiger partial charge >= 0.3 is 0 Å². The molecule has 1 aliphatic heterocycles. The van der Waals surface area contributed by atoms with E-state index in [4.69, 9.17) is 0 Å². The molecule has 4 nitrogen and oxygen atoms in total. The van der Waals surface area contributed by atoms with Gasteiger partial charge in [-0.25, -0.2) is 4.39 Å². The third-order valence-electron chi connectivity index (χ3n) is 3.69. The summed E-state index contributed by atoms with van der Waals surface area (Å²) in [5, 5.41) is 2.99. The number of amides is 2. The zero-order valence-electron chi connectivity index (χ0n) is 10.6. The van der Waals surface area contributed by atoms with Crippen LogP contribution in [-0.2, 0) is 9.59 Å². The molecule has 1 saturated heterocycles. The highest BCUT2D eigenvalue weighted by Gasteiger charge is 2.46. The number of rotatable bonds is 3. The lowest BCUT2D eigenvalue weighted by atomic mass is 10.1. The van der Waals surface area contributed by atoms with E-state index in [2.05, 4.69) is 5.32 Å². The maximum atomic E-state index is 13.4. The summed E-state index contributed by atoms with van der Waals surface area (Å²) in [5.74, 6) is -0.629. The zero-order chi connectivity index (χ0) is 13.6. The normalized spacial score (nSPS) is 23.1. The highest BCUT2D eigenvalue weighted by Crippen LogP contribution is 2.32. The average Bonchev–Trinajstić information content (AvgIpc) is 3.14. The van der Waals surface area contributed by atoms with E-state index in [-0.39, 0.29) is 30.1 Å². The van der Waals surface area contributed by atoms with E-state index in [1.807, 2.05) is 0 Å². The molecule has 100 valence electrons. The molecule has 1 aromatic carbocycles. The Hall–Kier alpha value is -1.91. The van der Waals surface area contributed by atoms with Gasteiger partial charge in [0, 0.05) is 17.3 Å². The first-order chi connectivity index (χ1) is 9.08. The third-order valence-corrected chi connectivity index (χ3v) is 3.69. The van der Waals surface area contributed by atoms with Gasteiger partial charge in [0.25, 0.3) is 5.91 Å². The number of nitrogens with zero attached hydrogens (tertiary/aromatic N) is 1. The van der Waals surface area contributed by atoms with Crippen molar-refractivity contribution in [2.24, 2.45) is 0 Å². The molecule has 1 saturated carbocycles. The van der Waals surface area contributed by atoms with Crippen LogP contribution in [0.25, 0.3) is 0 Å². The average molecular weight is 262 g/mol. The number of benzene rings is 1. The summed E-state index contributed by atoms with van der Waals surface area (Å²) in [6, 6.07) is 4.22. The van der Waals surface area contributed by atoms with Gasteiger partial charge in [-0.15, -0.1) is 0 Å². The van der Waals surface area contributed by atoms with Gasteiger partial charge in [0.05, 0.1) is 6.42 Å². The molecule has 0 spiro atoms. The minimum atomic E-state index is -0.561. The summed E-state index contributed by atoms with van der Waals surface area (Å²) in [6.07, 6.45) is 1.97. The second kappa shape index (κ2) is 4.33. The maximum absolute atomic E-state index is 13.4. The standard InChI is InChI=1S/C14H15FN2O2/c1-8-10(15)3-2-4-11(8)16-12-7-13(18)17(14(12)19)9-5-6-9/h2-4,9,12,16H,5-7H2,1H3. The van der Waals surface area contributed by atoms with Gasteiger partial charge < -0.3 is 5.32 Å². The highest BCUT2D eigenvalue weighted by atomic mass is 19.1. The monoisotopic (exact) mass is 262 g/mol. The van der Waals surface area contributed by atoms with Crippen LogP contribution >= 0.6 is 0 Å². The number of halogens is 1. The molecule has 0 radical (unpaired) electrons. The zero-order valence-corrected chi connectivity index (χ0v) is 10.6. The summed E-state index contributed by atoms with van der Waals surface area (Å²) in [4.78, 5) is 25.3. The molecule has 1 aromatic rings. The van der Waals surface area contributed by atoms with Crippen molar-refractivity contribution in [2.75, 3.05) is 5.32 Å². The highest BCUT2D eigenvalue weighted by molar-refractivity contribution is 6.07. The number of likely N-dealkylation sites (tertiary alicyclic amines) is 1. The molecule has 2 aliphatic rings. The Labute approximate surface area is 110 Å². The van der Waals surface area contributed by atoms with Crippen molar-refractivity contribution in [3.05, 3.63) is 29.6 Å². The first kappa shape index (κ1) is 12.1. The molecular formula is C14H15FN2O2. The van der Waals surface area contributed by atoms with Crippen molar-refractivity contribution in [3.63, 3.8) is 0 Å². The van der Waals surface area contributed by atoms with Gasteiger partial charge in [0.15, 0.2) is 0 Å². The summed E-state index contributed by atoms with van der Waals surface area (Å²) in [7, 11) is 0. The lowest BCUT2D eigenvalue weighted by Crippen LogP contribution is -2.36. The number of imide groups is 1. The molecule has 5 heteroatoms. The number of anilines is 1. The SMILES string of the molecule is Cc1c(F)cccc1NC1CC(=O)N(C2CC2)C1=O. The van der Waals surface area contributed by atoms with E-state index in [9.17, 15) is 14.0 Å². The van der Waals surface area contributed by atoms with Gasteiger partial charge in [-0.1, -0.05) is 6.07 Å². The number of carbonyl (C=O) groups excluding carboxylic acids is 2. The Morgan fingerprint density at radius 2 is 2.05 bits per heavy atom. The third kappa shape index (κ3) is 2.09. The van der Waals surface area contributed by atoms with Gasteiger partial charge in [0.2, 0.25) is 5.91 Å². The summed E-state index contributed by atoms with van der Waals surface area (Å²) < 4.78 is 13.4. The lowest BCUT2D eigenvalue weighted by molar-refractivity contribution is -0.139. The Morgan fingerprint density at radius 3 is 2.74 bits per heavy atom. The van der Waals surface area contributed by atoms with Crippen LogP contribution in [0.2, 0.25) is 0 Å². The molecule has 0 bridgehead atoms. The van der Waals surface area contributed by atoms with Gasteiger partial charge in [-0.2, -0.15) is 0 Å². The van der Waals surface area contributed by atoms with Gasteiger partial charge in [-0.05, 0) is 31.9 Å². The molecule has 2 fully saturated rings. The van der Waals surface area contributed by atoms with Crippen molar-refractivity contribution in [2.45, 2.75) is 38.3 Å². The van der Waals surface area contributed by atoms with Crippen molar-refractivity contribution in [1.29, 1.82) is 0 Å². The van der Waals surface area contributed by atoms with E-state index in [0.717, 1.165) is 12.8 Å². The Morgan fingerprint density at radius 1 is 1.32 bits per heavy atom. The molecule has 1 atom stereocenters. The predicted octanol–water partition coefficient (Wildman–Crippen LogP) is 1.84. The van der Waals surface area contributed by atoms with Crippen LogP contribution < -0.4 is 5.32 Å². The molecule has 3 rings (SSSR count). The first-order valence-corrected chi connectivity index (χ1v) is 6.45. The Bertz CT molecular complexity index is 554. The Balaban J connectivity index is 1.79. The van der Waals surface area contributed by atoms with Crippen molar-refractivity contribution < 1.29 is 14.0 Å². The number of hydrogen-bond donors (Lipinski definition) is 1. The van der Waals surface area contributed by atoms with Crippen molar-refractivity contribution in [3.8, 4) is 0 Å². The van der Waals surface area contributed by atoms with Crippen LogP contribution in [0.4, 0.5) is 10.1 Å². The fourth-order valence-electron chi connectivity index (χ4n) is 2.43.